The number of aliphatic imine (C=N–C) groups is 1. The Bertz CT molecular complexity index is 1260. The molecular weight excluding hydrogens is 597 g/mol. The maximum absolute atomic E-state index is 13.9. The van der Waals surface area contributed by atoms with Gasteiger partial charge in [-0.1, -0.05) is 78.2 Å². The Morgan fingerprint density at radius 1 is 1.15 bits per heavy atom. The number of nitrogens with two attached hydrogens (primary N) is 1. The van der Waals surface area contributed by atoms with Gasteiger partial charge in [-0.25, -0.2) is 15.1 Å². The fourth-order valence-corrected chi connectivity index (χ4v) is 7.89. The summed E-state index contributed by atoms with van der Waals surface area (Å²) in [7, 11) is -0.559. The number of hydrogen-bond acceptors (Lipinski definition) is 7. The van der Waals surface area contributed by atoms with Gasteiger partial charge in [0.25, 0.3) is 5.96 Å². The summed E-state index contributed by atoms with van der Waals surface area (Å²) in [6, 6.07) is 8.14. The molecule has 0 unspecified atom stereocenters. The predicted molar refractivity (Wildman–Crippen MR) is 186 cm³/mol. The lowest BCUT2D eigenvalue weighted by molar-refractivity contribution is -0.525. The highest BCUT2D eigenvalue weighted by molar-refractivity contribution is 6.47. The largest absolute Gasteiger partial charge is 0.481 e. The van der Waals surface area contributed by atoms with E-state index in [2.05, 4.69) is 64.0 Å². The van der Waals surface area contributed by atoms with Crippen molar-refractivity contribution >= 4 is 24.8 Å². The fourth-order valence-electron chi connectivity index (χ4n) is 7.89. The van der Waals surface area contributed by atoms with Gasteiger partial charge in [0.1, 0.15) is 5.78 Å². The van der Waals surface area contributed by atoms with Crippen LogP contribution in [0.15, 0.2) is 29.3 Å². The lowest BCUT2D eigenvalue weighted by Crippen LogP contribution is -2.65. The summed E-state index contributed by atoms with van der Waals surface area (Å²) in [6.45, 7) is 13.4. The summed E-state index contributed by atoms with van der Waals surface area (Å²) in [5.41, 5.74) is 9.39. The number of nitrogens with zero attached hydrogens (tertiary/aromatic N) is 2. The number of carbonyl (C=O) groups is 2. The van der Waals surface area contributed by atoms with Crippen molar-refractivity contribution in [2.24, 2.45) is 39.8 Å². The average Bonchev–Trinajstić information content (AvgIpc) is 3.34. The highest BCUT2D eigenvalue weighted by Crippen LogP contribution is 2.65. The molecule has 0 aromatic heterocycles. The van der Waals surface area contributed by atoms with Crippen LogP contribution in [-0.2, 0) is 31.7 Å². The van der Waals surface area contributed by atoms with Crippen molar-refractivity contribution in [3.8, 4) is 0 Å². The van der Waals surface area contributed by atoms with Crippen LogP contribution in [0.1, 0.15) is 111 Å². The van der Waals surface area contributed by atoms with Crippen molar-refractivity contribution in [2.75, 3.05) is 6.54 Å². The van der Waals surface area contributed by atoms with Crippen LogP contribution in [0.5, 0.6) is 0 Å². The standard InChI is InChI=1S/C34H54BN5O6.CH4/c1-7-8-10-23-12-14-24(15-13-23)18-27(41)19-25(11-9-16-37-32(36)39-40(43)44)31(42)38-30(17-22(2)3)35-45-29-21-26-20-28(33(26,4)5)34(29,6)46-35;/h12-15,22,25-26,28-30H,7-11,16-21H2,1-6H3,(H,38,42)(H3,36,37,39);1H4/t25-,26+,28+,29-,30+,34+;/m1./s1. The van der Waals surface area contributed by atoms with E-state index in [4.69, 9.17) is 15.0 Å². The van der Waals surface area contributed by atoms with E-state index in [1.165, 1.54) is 5.56 Å². The summed E-state index contributed by atoms with van der Waals surface area (Å²) < 4.78 is 13.3. The van der Waals surface area contributed by atoms with E-state index in [9.17, 15) is 19.7 Å². The molecule has 3 aliphatic carbocycles. The highest BCUT2D eigenvalue weighted by Gasteiger charge is 2.68. The number of aryl methyl sites for hydroxylation is 1. The van der Waals surface area contributed by atoms with Gasteiger partial charge in [-0.05, 0) is 86.2 Å². The molecule has 2 bridgehead atoms. The number of ketones is 1. The first-order valence-electron chi connectivity index (χ1n) is 17.2. The van der Waals surface area contributed by atoms with Gasteiger partial charge >= 0.3 is 7.12 Å². The van der Waals surface area contributed by atoms with E-state index in [0.717, 1.165) is 37.7 Å². The van der Waals surface area contributed by atoms with Gasteiger partial charge in [0.2, 0.25) is 5.91 Å². The molecule has 1 aliphatic heterocycles. The third-order valence-electron chi connectivity index (χ3n) is 10.6. The number of Topliss-reactive ketones (excluding diaryl/α,β-unsaturated/α-hetero) is 1. The lowest BCUT2D eigenvalue weighted by atomic mass is 9.43. The Labute approximate surface area is 281 Å². The number of carbonyl (C=O) groups excluding carboxylic acids is 2. The van der Waals surface area contributed by atoms with Gasteiger partial charge in [0, 0.05) is 25.3 Å². The summed E-state index contributed by atoms with van der Waals surface area (Å²) in [5.74, 6) is -0.180. The van der Waals surface area contributed by atoms with Gasteiger partial charge in [0.15, 0.2) is 5.03 Å². The van der Waals surface area contributed by atoms with Gasteiger partial charge in [-0.2, -0.15) is 0 Å². The van der Waals surface area contributed by atoms with Crippen LogP contribution in [-0.4, -0.2) is 54.0 Å². The third-order valence-corrected chi connectivity index (χ3v) is 10.6. The molecule has 1 aromatic rings. The summed E-state index contributed by atoms with van der Waals surface area (Å²) in [6.07, 6.45) is 7.19. The van der Waals surface area contributed by atoms with E-state index in [0.29, 0.717) is 31.1 Å². The summed E-state index contributed by atoms with van der Waals surface area (Å²) in [5, 5.41) is 13.1. The second-order valence-electron chi connectivity index (χ2n) is 14.9. The number of benzene rings is 1. The Morgan fingerprint density at radius 2 is 1.83 bits per heavy atom. The highest BCUT2D eigenvalue weighted by atomic mass is 16.7. The Kier molecular flexibility index (Phi) is 13.4. The molecule has 6 atom stereocenters. The van der Waals surface area contributed by atoms with Gasteiger partial charge < -0.3 is 20.4 Å². The van der Waals surface area contributed by atoms with E-state index >= 15 is 0 Å². The van der Waals surface area contributed by atoms with Crippen LogP contribution >= 0.6 is 0 Å². The smallest absolute Gasteiger partial charge is 0.404 e. The minimum absolute atomic E-state index is 0. The van der Waals surface area contributed by atoms with Crippen molar-refractivity contribution < 1.29 is 23.9 Å². The molecule has 1 amide bonds. The molecule has 47 heavy (non-hydrogen) atoms. The van der Waals surface area contributed by atoms with Crippen LogP contribution in [0, 0.1) is 39.2 Å². The minimum Gasteiger partial charge on any atom is -0.404 e. The van der Waals surface area contributed by atoms with Gasteiger partial charge in [-0.3, -0.25) is 9.59 Å². The Morgan fingerprint density at radius 3 is 2.45 bits per heavy atom. The molecule has 1 aromatic carbocycles. The molecule has 4 aliphatic rings. The molecule has 1 heterocycles. The average molecular weight is 656 g/mol. The number of guanidine groups is 1. The van der Waals surface area contributed by atoms with Crippen molar-refractivity contribution in [2.45, 2.75) is 131 Å². The van der Waals surface area contributed by atoms with Crippen LogP contribution in [0.3, 0.4) is 0 Å². The van der Waals surface area contributed by atoms with Gasteiger partial charge in [0.05, 0.1) is 17.6 Å². The Hall–Kier alpha value is -2.99. The number of hydrazine groups is 1. The van der Waals surface area contributed by atoms with Crippen molar-refractivity contribution in [3.63, 3.8) is 0 Å². The molecule has 5 rings (SSSR count). The fraction of sp³-hybridized carbons (Fsp3) is 0.743. The van der Waals surface area contributed by atoms with E-state index < -0.39 is 18.1 Å². The zero-order valence-corrected chi connectivity index (χ0v) is 28.6. The van der Waals surface area contributed by atoms with Crippen LogP contribution in [0.25, 0.3) is 0 Å². The minimum atomic E-state index is -0.771. The summed E-state index contributed by atoms with van der Waals surface area (Å²) >= 11 is 0. The number of unbranched alkanes of at least 4 members (excludes halogenated alkanes) is 1. The van der Waals surface area contributed by atoms with Crippen molar-refractivity contribution in [1.82, 2.24) is 10.7 Å². The van der Waals surface area contributed by atoms with Crippen molar-refractivity contribution in [1.29, 1.82) is 0 Å². The molecule has 262 valence electrons. The quantitative estimate of drug-likeness (QED) is 0.0499. The van der Waals surface area contributed by atoms with Crippen LogP contribution < -0.4 is 16.5 Å². The van der Waals surface area contributed by atoms with E-state index in [1.807, 2.05) is 17.6 Å². The number of nitro groups is 1. The predicted octanol–water partition coefficient (Wildman–Crippen LogP) is 5.46. The molecule has 4 fully saturated rings. The zero-order chi connectivity index (χ0) is 33.6. The van der Waals surface area contributed by atoms with Crippen molar-refractivity contribution in [3.05, 3.63) is 45.5 Å². The molecule has 0 spiro atoms. The molecular formula is C35H58BN5O6. The number of nitrogens with one attached hydrogen (secondary N) is 2. The van der Waals surface area contributed by atoms with Crippen LogP contribution in [0.4, 0.5) is 0 Å². The SMILES string of the molecule is C.CCCCc1ccc(CC(=O)C[C@@H](CCCN=C(N)N[N+](=O)[O-])C(=O)N[C@@H](CC(C)C)B2O[C@@H]3C[C@@H]4C[C@@H](C4(C)C)[C@]3(C)O2)cc1. The first-order valence-corrected chi connectivity index (χ1v) is 17.2. The number of hydrogen-bond donors (Lipinski definition) is 3. The lowest BCUT2D eigenvalue weighted by Gasteiger charge is -2.64. The first kappa shape index (κ1) is 38.5. The normalized spacial score (nSPS) is 25.6. The van der Waals surface area contributed by atoms with Gasteiger partial charge in [-0.15, -0.1) is 0 Å². The maximum atomic E-state index is 13.9. The molecule has 0 radical (unpaired) electrons. The molecule has 4 N–H and O–H groups in total. The topological polar surface area (TPSA) is 158 Å². The molecule has 11 nitrogen and oxygen atoms in total. The molecule has 12 heteroatoms. The second-order valence-corrected chi connectivity index (χ2v) is 14.9. The number of amides is 1. The first-order chi connectivity index (χ1) is 21.7. The van der Waals surface area contributed by atoms with E-state index in [1.54, 1.807) is 0 Å². The number of rotatable bonds is 17. The molecule has 3 saturated carbocycles. The molecule has 1 saturated heterocycles. The summed E-state index contributed by atoms with van der Waals surface area (Å²) in [4.78, 5) is 41.9. The monoisotopic (exact) mass is 655 g/mol. The maximum Gasteiger partial charge on any atom is 0.481 e. The second kappa shape index (κ2) is 16.4. The Balaban J connectivity index is 0.00000600. The van der Waals surface area contributed by atoms with E-state index in [-0.39, 0.29) is 73.4 Å². The van der Waals surface area contributed by atoms with Crippen LogP contribution in [0.2, 0.25) is 0 Å². The zero-order valence-electron chi connectivity index (χ0n) is 28.6. The third kappa shape index (κ3) is 9.56.